The molecule has 20 heteroatoms. The molecule has 340 valence electrons. The number of methoxy groups -OCH3 is 2. The number of aliphatic hydroxyl groups excluding tert-OH is 1. The molecule has 65 heavy (non-hydrogen) atoms. The van der Waals surface area contributed by atoms with Crippen molar-refractivity contribution in [3.8, 4) is 17.2 Å². The molecule has 0 spiro atoms. The van der Waals surface area contributed by atoms with Crippen LogP contribution in [0, 0.1) is 0 Å². The predicted octanol–water partition coefficient (Wildman–Crippen LogP) is 4.07. The Hall–Kier alpha value is -8.49. The van der Waals surface area contributed by atoms with Crippen LogP contribution in [0.1, 0.15) is 65.6 Å². The smallest absolute Gasteiger partial charge is 0.335 e. The van der Waals surface area contributed by atoms with E-state index in [1.165, 1.54) is 86.0 Å². The highest BCUT2D eigenvalue weighted by molar-refractivity contribution is 6.10. The molecule has 0 aliphatic carbocycles. The summed E-state index contributed by atoms with van der Waals surface area (Å²) < 4.78 is 16.2. The summed E-state index contributed by atoms with van der Waals surface area (Å²) in [4.78, 5) is 89.8. The molecule has 0 saturated heterocycles. The molecule has 5 aromatic rings. The first-order valence-corrected chi connectivity index (χ1v) is 19.3. The number of primary amides is 1. The molecule has 0 aromatic heterocycles. The molecule has 5 aromatic carbocycles. The average molecular weight is 894 g/mol. The summed E-state index contributed by atoms with van der Waals surface area (Å²) in [6.07, 6.45) is -2.11. The number of carboxylic acid groups (broad SMARTS) is 1. The highest BCUT2D eigenvalue weighted by atomic mass is 16.5. The van der Waals surface area contributed by atoms with Gasteiger partial charge >= 0.3 is 5.97 Å². The Morgan fingerprint density at radius 2 is 1.11 bits per heavy atom. The number of carboxylic acids is 1. The van der Waals surface area contributed by atoms with E-state index in [2.05, 4.69) is 26.6 Å². The first kappa shape index (κ1) is 49.2. The molecule has 0 aliphatic rings. The van der Waals surface area contributed by atoms with Gasteiger partial charge in [0.05, 0.1) is 35.7 Å². The highest BCUT2D eigenvalue weighted by Crippen LogP contribution is 2.39. The van der Waals surface area contributed by atoms with Crippen LogP contribution in [0.5, 0.6) is 17.2 Å². The maximum Gasteiger partial charge on any atom is 0.335 e. The minimum absolute atomic E-state index is 0.0109. The van der Waals surface area contributed by atoms with Crippen molar-refractivity contribution < 1.29 is 63.1 Å². The third-order valence-corrected chi connectivity index (χ3v) is 9.07. The summed E-state index contributed by atoms with van der Waals surface area (Å²) in [5, 5.41) is 40.4. The number of carbonyl (C=O) groups excluding carboxylic acids is 6. The number of hydrogen-bond donors (Lipinski definition) is 10. The van der Waals surface area contributed by atoms with E-state index in [0.717, 1.165) is 14.2 Å². The second kappa shape index (κ2) is 22.6. The lowest BCUT2D eigenvalue weighted by atomic mass is 10.1. The molecule has 0 bridgehead atoms. The van der Waals surface area contributed by atoms with E-state index in [4.69, 9.17) is 30.8 Å². The highest BCUT2D eigenvalue weighted by Gasteiger charge is 2.34. The van der Waals surface area contributed by atoms with Gasteiger partial charge in [-0.15, -0.1) is 0 Å². The molecule has 2 atom stereocenters. The van der Waals surface area contributed by atoms with Crippen LogP contribution in [0.2, 0.25) is 0 Å². The number of ether oxygens (including phenoxy) is 3. The Morgan fingerprint density at radius 1 is 0.615 bits per heavy atom. The number of benzene rings is 5. The molecule has 0 fully saturated rings. The van der Waals surface area contributed by atoms with Gasteiger partial charge in [-0.2, -0.15) is 0 Å². The van der Waals surface area contributed by atoms with Gasteiger partial charge in [0.25, 0.3) is 23.6 Å². The number of nitrogens with two attached hydrogens (primary N) is 2. The van der Waals surface area contributed by atoms with Crippen LogP contribution < -0.4 is 47.5 Å². The zero-order valence-electron chi connectivity index (χ0n) is 35.6. The van der Waals surface area contributed by atoms with E-state index in [1.807, 2.05) is 0 Å². The minimum Gasteiger partial charge on any atom is -0.504 e. The quantitative estimate of drug-likeness (QED) is 0.0589. The molecule has 0 aliphatic heterocycles. The molecule has 6 amide bonds. The third-order valence-electron chi connectivity index (χ3n) is 9.07. The molecule has 0 radical (unpaired) electrons. The van der Waals surface area contributed by atoms with E-state index in [1.54, 1.807) is 38.1 Å². The fourth-order valence-corrected chi connectivity index (χ4v) is 5.91. The van der Waals surface area contributed by atoms with Crippen molar-refractivity contribution in [2.75, 3.05) is 48.3 Å². The van der Waals surface area contributed by atoms with Crippen LogP contribution >= 0.6 is 0 Å². The van der Waals surface area contributed by atoms with Crippen LogP contribution in [-0.4, -0.2) is 96.3 Å². The van der Waals surface area contributed by atoms with Crippen LogP contribution in [0.15, 0.2) is 103 Å². The predicted molar refractivity (Wildman–Crippen MR) is 239 cm³/mol. The first-order chi connectivity index (χ1) is 31.0. The Kier molecular flexibility index (Phi) is 17.1. The Balaban J connectivity index is 0.00000456. The molecule has 2 unspecified atom stereocenters. The summed E-state index contributed by atoms with van der Waals surface area (Å²) in [6.45, 7) is 3.33. The lowest BCUT2D eigenvalue weighted by Crippen LogP contribution is -2.56. The van der Waals surface area contributed by atoms with E-state index in [9.17, 15) is 43.8 Å². The molecule has 0 heterocycles. The van der Waals surface area contributed by atoms with E-state index in [-0.39, 0.29) is 50.8 Å². The van der Waals surface area contributed by atoms with Gasteiger partial charge in [0.15, 0.2) is 17.6 Å². The number of hydrogen-bond acceptors (Lipinski definition) is 13. The number of nitrogen functional groups attached to an aromatic ring is 1. The number of amides is 6. The number of aromatic hydroxyl groups is 1. The molecule has 0 saturated carbocycles. The molecular weight excluding hydrogens is 847 g/mol. The van der Waals surface area contributed by atoms with Crippen molar-refractivity contribution in [2.24, 2.45) is 5.73 Å². The summed E-state index contributed by atoms with van der Waals surface area (Å²) >= 11 is 0. The fourth-order valence-electron chi connectivity index (χ4n) is 5.91. The molecule has 5 rings (SSSR count). The lowest BCUT2D eigenvalue weighted by Gasteiger charge is -2.24. The number of aromatic carboxylic acids is 1. The number of aliphatic hydroxyl groups is 1. The third kappa shape index (κ3) is 12.8. The van der Waals surface area contributed by atoms with Gasteiger partial charge in [-0.3, -0.25) is 28.8 Å². The van der Waals surface area contributed by atoms with E-state index >= 15 is 0 Å². The van der Waals surface area contributed by atoms with Gasteiger partial charge in [0.1, 0.15) is 11.8 Å². The van der Waals surface area contributed by atoms with Crippen molar-refractivity contribution in [1.82, 2.24) is 5.32 Å². The number of nitrogens with one attached hydrogen (secondary N) is 5. The van der Waals surface area contributed by atoms with Crippen molar-refractivity contribution in [3.05, 3.63) is 131 Å². The van der Waals surface area contributed by atoms with Gasteiger partial charge in [-0.05, 0) is 117 Å². The molecular formula is C45H47N7O13. The van der Waals surface area contributed by atoms with E-state index < -0.39 is 65.4 Å². The number of phenols is 1. The SMILES string of the molecule is CO.COc1cc(C(=O)O)ccc1NC(=O)c1ccc(NC(=O)c2ccc(NC(=O)C(NC(=O)c3ccc(NC(=O)c4ccc(N)cc4)cc3)C(OC)C(N)=O)cc2)c(OC(C)C)c1O. The Labute approximate surface area is 371 Å². The summed E-state index contributed by atoms with van der Waals surface area (Å²) in [6, 6.07) is 22.3. The summed E-state index contributed by atoms with van der Waals surface area (Å²) in [5.74, 6) is -6.51. The maximum absolute atomic E-state index is 13.5. The van der Waals surface area contributed by atoms with Crippen LogP contribution in [-0.2, 0) is 14.3 Å². The summed E-state index contributed by atoms with van der Waals surface area (Å²) in [5.41, 5.74) is 12.6. The monoisotopic (exact) mass is 893 g/mol. The van der Waals surface area contributed by atoms with Crippen molar-refractivity contribution in [1.29, 1.82) is 0 Å². The first-order valence-electron chi connectivity index (χ1n) is 19.3. The largest absolute Gasteiger partial charge is 0.504 e. The van der Waals surface area contributed by atoms with Crippen LogP contribution in [0.25, 0.3) is 0 Å². The fraction of sp³-hybridized carbons (Fsp3) is 0.178. The zero-order chi connectivity index (χ0) is 48.0. The van der Waals surface area contributed by atoms with Crippen molar-refractivity contribution in [3.63, 3.8) is 0 Å². The van der Waals surface area contributed by atoms with Crippen LogP contribution in [0.3, 0.4) is 0 Å². The number of carbonyl (C=O) groups is 7. The molecule has 20 nitrogen and oxygen atoms in total. The van der Waals surface area contributed by atoms with Gasteiger partial charge in [-0.1, -0.05) is 0 Å². The van der Waals surface area contributed by atoms with E-state index in [0.29, 0.717) is 16.9 Å². The number of rotatable bonds is 17. The van der Waals surface area contributed by atoms with Gasteiger partial charge < -0.3 is 67.6 Å². The second-order valence-corrected chi connectivity index (χ2v) is 13.9. The molecule has 12 N–H and O–H groups in total. The standard InChI is InChI=1S/C44H43N7O12.CH4O/c1-22(2)63-36-32(20-18-30(35(36)52)42(57)49-31-19-11-26(44(59)60)21-33(31)61-3)50-40(55)24-7-16-29(17-8-24)48-43(58)34(37(62-4)38(46)53)51-41(56)25-9-14-28(15-10-25)47-39(54)23-5-12-27(45)13-6-23;1-2/h5-22,34,37,52H,45H2,1-4H3,(H2,46,53)(H,47,54)(H,48,58)(H,49,57)(H,50,55)(H,51,56)(H,59,60);2H,1H3. The summed E-state index contributed by atoms with van der Waals surface area (Å²) in [7, 11) is 3.43. The Morgan fingerprint density at radius 3 is 1.63 bits per heavy atom. The maximum atomic E-state index is 13.5. The second-order valence-electron chi connectivity index (χ2n) is 13.9. The normalized spacial score (nSPS) is 11.4. The van der Waals surface area contributed by atoms with Gasteiger partial charge in [0.2, 0.25) is 11.8 Å². The lowest BCUT2D eigenvalue weighted by molar-refractivity contribution is -0.134. The minimum atomic E-state index is -1.62. The zero-order valence-corrected chi connectivity index (χ0v) is 35.6. The topological polar surface area (TPSA) is 320 Å². The number of anilines is 5. The Bertz CT molecular complexity index is 2550. The van der Waals surface area contributed by atoms with Crippen molar-refractivity contribution >= 4 is 69.8 Å². The average Bonchev–Trinajstić information content (AvgIpc) is 3.28. The van der Waals surface area contributed by atoms with Crippen LogP contribution in [0.4, 0.5) is 28.4 Å². The van der Waals surface area contributed by atoms with Gasteiger partial charge in [0, 0.05) is 48.0 Å². The van der Waals surface area contributed by atoms with Crippen molar-refractivity contribution in [2.45, 2.75) is 32.1 Å². The van der Waals surface area contributed by atoms with Gasteiger partial charge in [-0.25, -0.2) is 4.79 Å². The number of phenolic OH excluding ortho intramolecular Hbond substituents is 1.